The Kier molecular flexibility index (Phi) is 7.04. The number of nitrogens with zero attached hydrogens (tertiary/aromatic N) is 3. The Morgan fingerprint density at radius 1 is 1.17 bits per heavy atom. The van der Waals surface area contributed by atoms with Crippen molar-refractivity contribution in [1.29, 1.82) is 5.26 Å². The summed E-state index contributed by atoms with van der Waals surface area (Å²) in [4.78, 5) is 25.8. The zero-order valence-electron chi connectivity index (χ0n) is 10.8. The normalized spacial score (nSPS) is 16.3. The highest BCUT2D eigenvalue weighted by Gasteiger charge is 2.19. The molecule has 0 aromatic heterocycles. The second-order valence-electron chi connectivity index (χ2n) is 4.57. The van der Waals surface area contributed by atoms with Gasteiger partial charge in [-0.2, -0.15) is 5.26 Å². The summed E-state index contributed by atoms with van der Waals surface area (Å²) in [5.41, 5.74) is 0. The molecule has 1 aliphatic rings. The number of hydrogen-bond acceptors (Lipinski definition) is 4. The van der Waals surface area contributed by atoms with E-state index in [2.05, 4.69) is 4.90 Å². The van der Waals surface area contributed by atoms with Gasteiger partial charge in [0.15, 0.2) is 0 Å². The first kappa shape index (κ1) is 14.7. The van der Waals surface area contributed by atoms with Gasteiger partial charge >= 0.3 is 0 Å². The fraction of sp³-hybridized carbons (Fsp3) is 0.769. The van der Waals surface area contributed by atoms with Crippen molar-refractivity contribution >= 4 is 12.2 Å². The highest BCUT2D eigenvalue weighted by molar-refractivity contribution is 5.78. The molecule has 0 atom stereocenters. The quantitative estimate of drug-likeness (QED) is 0.496. The maximum absolute atomic E-state index is 11.5. The lowest BCUT2D eigenvalue weighted by Crippen LogP contribution is -2.48. The standard InChI is InChI=1S/C13H21N3O2/c14-6-5-13(18)16-10-8-15(9-11-16)7-3-1-2-4-12-17/h12H,1-5,7-11H2. The van der Waals surface area contributed by atoms with Crippen molar-refractivity contribution in [2.45, 2.75) is 32.1 Å². The number of carbonyl (C=O) groups is 2. The van der Waals surface area contributed by atoms with Crippen molar-refractivity contribution in [3.8, 4) is 6.07 Å². The van der Waals surface area contributed by atoms with E-state index in [9.17, 15) is 9.59 Å². The Hall–Kier alpha value is -1.41. The van der Waals surface area contributed by atoms with Crippen molar-refractivity contribution < 1.29 is 9.59 Å². The van der Waals surface area contributed by atoms with Crippen molar-refractivity contribution in [3.63, 3.8) is 0 Å². The number of hydrogen-bond donors (Lipinski definition) is 0. The molecule has 0 bridgehead atoms. The summed E-state index contributed by atoms with van der Waals surface area (Å²) in [6.07, 6.45) is 4.80. The van der Waals surface area contributed by atoms with Crippen LogP contribution in [-0.4, -0.2) is 54.7 Å². The molecule has 1 saturated heterocycles. The van der Waals surface area contributed by atoms with Gasteiger partial charge in [0.2, 0.25) is 5.91 Å². The first-order valence-electron chi connectivity index (χ1n) is 6.58. The van der Waals surface area contributed by atoms with Gasteiger partial charge in [-0.3, -0.25) is 9.69 Å². The molecule has 0 unspecified atom stereocenters. The molecule has 0 saturated carbocycles. The van der Waals surface area contributed by atoms with Crippen LogP contribution < -0.4 is 0 Å². The first-order chi connectivity index (χ1) is 8.77. The number of unbranched alkanes of at least 4 members (excludes halogenated alkanes) is 3. The molecular formula is C13H21N3O2. The molecule has 0 spiro atoms. The highest BCUT2D eigenvalue weighted by atomic mass is 16.2. The summed E-state index contributed by atoms with van der Waals surface area (Å²) in [5.74, 6) is -0.0527. The molecule has 100 valence electrons. The number of amides is 1. The Bertz CT molecular complexity index is 304. The average molecular weight is 251 g/mol. The van der Waals surface area contributed by atoms with E-state index in [4.69, 9.17) is 5.26 Å². The van der Waals surface area contributed by atoms with Crippen LogP contribution in [-0.2, 0) is 9.59 Å². The molecule has 5 heteroatoms. The van der Waals surface area contributed by atoms with Gasteiger partial charge in [0.05, 0.1) is 6.07 Å². The second kappa shape index (κ2) is 8.65. The Morgan fingerprint density at radius 2 is 1.89 bits per heavy atom. The number of piperazine rings is 1. The predicted octanol–water partition coefficient (Wildman–Crippen LogP) is 0.804. The molecule has 5 nitrogen and oxygen atoms in total. The molecule has 1 amide bonds. The van der Waals surface area contributed by atoms with Crippen LogP contribution in [0.5, 0.6) is 0 Å². The van der Waals surface area contributed by atoms with Crippen LogP contribution in [0.25, 0.3) is 0 Å². The van der Waals surface area contributed by atoms with Crippen molar-refractivity contribution in [2.75, 3.05) is 32.7 Å². The molecular weight excluding hydrogens is 230 g/mol. The van der Waals surface area contributed by atoms with E-state index in [0.29, 0.717) is 6.42 Å². The zero-order valence-corrected chi connectivity index (χ0v) is 10.8. The molecule has 1 fully saturated rings. The van der Waals surface area contributed by atoms with E-state index in [1.807, 2.05) is 6.07 Å². The van der Waals surface area contributed by atoms with Gasteiger partial charge in [0, 0.05) is 32.6 Å². The third-order valence-corrected chi connectivity index (χ3v) is 3.25. The fourth-order valence-corrected chi connectivity index (χ4v) is 2.14. The largest absolute Gasteiger partial charge is 0.339 e. The lowest BCUT2D eigenvalue weighted by atomic mass is 10.2. The van der Waals surface area contributed by atoms with Gasteiger partial charge in [-0.1, -0.05) is 6.42 Å². The molecule has 0 aromatic carbocycles. The molecule has 0 radical (unpaired) electrons. The third-order valence-electron chi connectivity index (χ3n) is 3.25. The number of carbonyl (C=O) groups excluding carboxylic acids is 2. The summed E-state index contributed by atoms with van der Waals surface area (Å²) >= 11 is 0. The molecule has 1 aliphatic heterocycles. The van der Waals surface area contributed by atoms with Crippen LogP contribution >= 0.6 is 0 Å². The monoisotopic (exact) mass is 251 g/mol. The van der Waals surface area contributed by atoms with Gasteiger partial charge in [-0.05, 0) is 19.4 Å². The Labute approximate surface area is 108 Å². The predicted molar refractivity (Wildman–Crippen MR) is 67.8 cm³/mol. The fourth-order valence-electron chi connectivity index (χ4n) is 2.14. The van der Waals surface area contributed by atoms with Gasteiger partial charge in [-0.15, -0.1) is 0 Å². The molecule has 0 aromatic rings. The summed E-state index contributed by atoms with van der Waals surface area (Å²) < 4.78 is 0. The van der Waals surface area contributed by atoms with E-state index in [1.54, 1.807) is 4.90 Å². The first-order valence-corrected chi connectivity index (χ1v) is 6.58. The van der Waals surface area contributed by atoms with E-state index < -0.39 is 0 Å². The summed E-state index contributed by atoms with van der Waals surface area (Å²) in [7, 11) is 0. The van der Waals surface area contributed by atoms with Gasteiger partial charge < -0.3 is 9.69 Å². The minimum atomic E-state index is -0.0527. The molecule has 1 heterocycles. The highest BCUT2D eigenvalue weighted by Crippen LogP contribution is 2.06. The summed E-state index contributed by atoms with van der Waals surface area (Å²) in [6.45, 7) is 4.29. The Balaban J connectivity index is 2.10. The van der Waals surface area contributed by atoms with Gasteiger partial charge in [0.1, 0.15) is 12.7 Å². The minimum absolute atomic E-state index is 0.00824. The minimum Gasteiger partial charge on any atom is -0.339 e. The molecule has 0 N–H and O–H groups in total. The summed E-state index contributed by atoms with van der Waals surface area (Å²) in [5, 5.41) is 8.47. The van der Waals surface area contributed by atoms with E-state index in [-0.39, 0.29) is 12.3 Å². The van der Waals surface area contributed by atoms with Gasteiger partial charge in [-0.25, -0.2) is 0 Å². The molecule has 1 rings (SSSR count). The van der Waals surface area contributed by atoms with Crippen LogP contribution in [0.4, 0.5) is 0 Å². The van der Waals surface area contributed by atoms with Crippen LogP contribution in [0, 0.1) is 11.3 Å². The van der Waals surface area contributed by atoms with Gasteiger partial charge in [0.25, 0.3) is 0 Å². The van der Waals surface area contributed by atoms with E-state index >= 15 is 0 Å². The van der Waals surface area contributed by atoms with E-state index in [0.717, 1.165) is 58.3 Å². The smallest absolute Gasteiger partial charge is 0.236 e. The lowest BCUT2D eigenvalue weighted by Gasteiger charge is -2.34. The molecule has 18 heavy (non-hydrogen) atoms. The third kappa shape index (κ3) is 5.28. The Morgan fingerprint density at radius 3 is 2.50 bits per heavy atom. The topological polar surface area (TPSA) is 64.4 Å². The maximum Gasteiger partial charge on any atom is 0.236 e. The second-order valence-corrected chi connectivity index (χ2v) is 4.57. The van der Waals surface area contributed by atoms with Crippen molar-refractivity contribution in [2.24, 2.45) is 0 Å². The van der Waals surface area contributed by atoms with Crippen molar-refractivity contribution in [1.82, 2.24) is 9.80 Å². The van der Waals surface area contributed by atoms with Crippen LogP contribution in [0.2, 0.25) is 0 Å². The zero-order chi connectivity index (χ0) is 13.2. The van der Waals surface area contributed by atoms with Crippen LogP contribution in [0.15, 0.2) is 0 Å². The number of aldehydes is 1. The van der Waals surface area contributed by atoms with Crippen LogP contribution in [0.1, 0.15) is 32.1 Å². The maximum atomic E-state index is 11.5. The average Bonchev–Trinajstić information content (AvgIpc) is 2.39. The number of nitriles is 1. The van der Waals surface area contributed by atoms with Crippen molar-refractivity contribution in [3.05, 3.63) is 0 Å². The molecule has 0 aliphatic carbocycles. The number of rotatable bonds is 7. The SMILES string of the molecule is N#CCC(=O)N1CCN(CCCCCC=O)CC1. The summed E-state index contributed by atoms with van der Waals surface area (Å²) in [6, 6.07) is 1.90. The van der Waals surface area contributed by atoms with Crippen LogP contribution in [0.3, 0.4) is 0 Å². The lowest BCUT2D eigenvalue weighted by molar-refractivity contribution is -0.131. The van der Waals surface area contributed by atoms with E-state index in [1.165, 1.54) is 0 Å².